The number of nitrogens with zero attached hydrogens (tertiary/aromatic N) is 2. The Balaban J connectivity index is 1.71. The number of rotatable bonds is 5. The molecule has 1 aromatic heterocycles. The second-order valence-corrected chi connectivity index (χ2v) is 8.66. The summed E-state index contributed by atoms with van der Waals surface area (Å²) in [4.78, 5) is 26.3. The van der Waals surface area contributed by atoms with Crippen molar-refractivity contribution >= 4 is 29.1 Å². The van der Waals surface area contributed by atoms with E-state index in [9.17, 15) is 14.7 Å². The third-order valence-electron chi connectivity index (χ3n) is 5.56. The highest BCUT2D eigenvalue weighted by molar-refractivity contribution is 6.35. The van der Waals surface area contributed by atoms with Gasteiger partial charge in [0.15, 0.2) is 0 Å². The van der Waals surface area contributed by atoms with Crippen molar-refractivity contribution in [2.75, 3.05) is 0 Å². The SMILES string of the molecule is O=C(N[C@H]1CC[C@H](O)CC1)c1cn(Cc2ccccc2)n(-c2ccc(Cl)cc2Cl)c1=O. The molecule has 0 aliphatic heterocycles. The number of hydrogen-bond donors (Lipinski definition) is 2. The molecule has 1 heterocycles. The lowest BCUT2D eigenvalue weighted by Crippen LogP contribution is -2.40. The second-order valence-electron chi connectivity index (χ2n) is 7.82. The molecule has 8 heteroatoms. The molecule has 4 rings (SSSR count). The molecular formula is C23H23Cl2N3O3. The molecule has 1 saturated carbocycles. The molecule has 162 valence electrons. The first-order chi connectivity index (χ1) is 14.9. The van der Waals surface area contributed by atoms with Crippen LogP contribution in [-0.4, -0.2) is 32.5 Å². The Bertz CT molecular complexity index is 1130. The van der Waals surface area contributed by atoms with Crippen molar-refractivity contribution in [3.63, 3.8) is 0 Å². The van der Waals surface area contributed by atoms with Gasteiger partial charge in [0.25, 0.3) is 11.5 Å². The average Bonchev–Trinajstić information content (AvgIpc) is 3.06. The predicted molar refractivity (Wildman–Crippen MR) is 121 cm³/mol. The predicted octanol–water partition coefficient (Wildman–Crippen LogP) is 4.03. The van der Waals surface area contributed by atoms with Crippen LogP contribution in [0.4, 0.5) is 0 Å². The Kier molecular flexibility index (Phi) is 6.51. The number of benzene rings is 2. The van der Waals surface area contributed by atoms with Crippen LogP contribution >= 0.6 is 23.2 Å². The summed E-state index contributed by atoms with van der Waals surface area (Å²) in [5, 5.41) is 13.4. The first-order valence-electron chi connectivity index (χ1n) is 10.2. The topological polar surface area (TPSA) is 76.3 Å². The van der Waals surface area contributed by atoms with Gasteiger partial charge in [-0.1, -0.05) is 53.5 Å². The monoisotopic (exact) mass is 459 g/mol. The van der Waals surface area contributed by atoms with Gasteiger partial charge in [-0.3, -0.25) is 14.3 Å². The second kappa shape index (κ2) is 9.30. The molecule has 1 amide bonds. The lowest BCUT2D eigenvalue weighted by molar-refractivity contribution is 0.0866. The van der Waals surface area contributed by atoms with Gasteiger partial charge in [0, 0.05) is 17.3 Å². The van der Waals surface area contributed by atoms with Gasteiger partial charge in [0.1, 0.15) is 5.56 Å². The van der Waals surface area contributed by atoms with Crippen LogP contribution in [0.5, 0.6) is 0 Å². The van der Waals surface area contributed by atoms with Gasteiger partial charge >= 0.3 is 0 Å². The first-order valence-corrected chi connectivity index (χ1v) is 11.0. The van der Waals surface area contributed by atoms with Gasteiger partial charge in [0.05, 0.1) is 23.4 Å². The summed E-state index contributed by atoms with van der Waals surface area (Å²) in [6.07, 6.45) is 3.91. The molecule has 1 aliphatic rings. The van der Waals surface area contributed by atoms with Crippen LogP contribution in [0.15, 0.2) is 59.5 Å². The highest BCUT2D eigenvalue weighted by atomic mass is 35.5. The normalized spacial score (nSPS) is 18.7. The zero-order chi connectivity index (χ0) is 22.0. The van der Waals surface area contributed by atoms with Crippen LogP contribution in [0, 0.1) is 0 Å². The molecule has 0 radical (unpaired) electrons. The summed E-state index contributed by atoms with van der Waals surface area (Å²) in [5.74, 6) is -0.419. The number of amides is 1. The standard InChI is InChI=1S/C23H23Cl2N3O3/c24-16-6-11-21(20(25)12-16)28-23(31)19(14-27(28)13-15-4-2-1-3-5-15)22(30)26-17-7-9-18(29)10-8-17/h1-6,11-12,14,17-18,29H,7-10,13H2,(H,26,30)/t17-,18-. The van der Waals surface area contributed by atoms with E-state index < -0.39 is 11.5 Å². The van der Waals surface area contributed by atoms with Crippen LogP contribution in [0.1, 0.15) is 41.6 Å². The van der Waals surface area contributed by atoms with Gasteiger partial charge < -0.3 is 10.4 Å². The highest BCUT2D eigenvalue weighted by Crippen LogP contribution is 2.24. The number of aromatic nitrogens is 2. The zero-order valence-electron chi connectivity index (χ0n) is 16.8. The van der Waals surface area contributed by atoms with Crippen molar-refractivity contribution in [1.82, 2.24) is 14.7 Å². The lowest BCUT2D eigenvalue weighted by atomic mass is 9.93. The summed E-state index contributed by atoms with van der Waals surface area (Å²) in [6, 6.07) is 14.5. The maximum Gasteiger partial charge on any atom is 0.284 e. The zero-order valence-corrected chi connectivity index (χ0v) is 18.3. The van der Waals surface area contributed by atoms with E-state index in [-0.39, 0.29) is 17.7 Å². The number of carbonyl (C=O) groups excluding carboxylic acids is 1. The van der Waals surface area contributed by atoms with Gasteiger partial charge in [-0.2, -0.15) is 0 Å². The van der Waals surface area contributed by atoms with Crippen LogP contribution in [0.2, 0.25) is 10.0 Å². The smallest absolute Gasteiger partial charge is 0.284 e. The van der Waals surface area contributed by atoms with Crippen LogP contribution in [-0.2, 0) is 6.54 Å². The van der Waals surface area contributed by atoms with E-state index in [0.717, 1.165) is 5.56 Å². The van der Waals surface area contributed by atoms with E-state index in [2.05, 4.69) is 5.32 Å². The molecule has 1 fully saturated rings. The highest BCUT2D eigenvalue weighted by Gasteiger charge is 2.25. The van der Waals surface area contributed by atoms with E-state index in [0.29, 0.717) is 48.0 Å². The molecule has 0 bridgehead atoms. The molecule has 0 saturated heterocycles. The van der Waals surface area contributed by atoms with E-state index in [4.69, 9.17) is 23.2 Å². The minimum absolute atomic E-state index is 0.0491. The van der Waals surface area contributed by atoms with Crippen molar-refractivity contribution in [3.8, 4) is 5.69 Å². The van der Waals surface area contributed by atoms with Gasteiger partial charge in [0.2, 0.25) is 0 Å². The Hall–Kier alpha value is -2.54. The number of hydrogen-bond acceptors (Lipinski definition) is 3. The molecule has 31 heavy (non-hydrogen) atoms. The molecule has 0 atom stereocenters. The minimum atomic E-state index is -0.450. The fourth-order valence-corrected chi connectivity index (χ4v) is 4.41. The summed E-state index contributed by atoms with van der Waals surface area (Å²) >= 11 is 12.4. The third kappa shape index (κ3) is 4.87. The van der Waals surface area contributed by atoms with E-state index in [1.807, 2.05) is 30.3 Å². The van der Waals surface area contributed by atoms with Gasteiger partial charge in [-0.05, 0) is 49.4 Å². The van der Waals surface area contributed by atoms with Gasteiger partial charge in [-0.25, -0.2) is 4.68 Å². The van der Waals surface area contributed by atoms with Gasteiger partial charge in [-0.15, -0.1) is 0 Å². The molecular weight excluding hydrogens is 437 g/mol. The number of carbonyl (C=O) groups is 1. The Morgan fingerprint density at radius 3 is 2.45 bits per heavy atom. The van der Waals surface area contributed by atoms with Crippen LogP contribution in [0.3, 0.4) is 0 Å². The Morgan fingerprint density at radius 1 is 1.06 bits per heavy atom. The maximum atomic E-state index is 13.3. The van der Waals surface area contributed by atoms with Crippen molar-refractivity contribution in [2.45, 2.75) is 44.4 Å². The molecule has 6 nitrogen and oxygen atoms in total. The average molecular weight is 460 g/mol. The fourth-order valence-electron chi connectivity index (χ4n) is 3.92. The number of nitrogens with one attached hydrogen (secondary N) is 1. The summed E-state index contributed by atoms with van der Waals surface area (Å²) < 4.78 is 3.09. The molecule has 0 spiro atoms. The van der Waals surface area contributed by atoms with E-state index in [1.165, 1.54) is 4.68 Å². The largest absolute Gasteiger partial charge is 0.393 e. The maximum absolute atomic E-state index is 13.3. The fraction of sp³-hybridized carbons (Fsp3) is 0.304. The number of aliphatic hydroxyl groups is 1. The van der Waals surface area contributed by atoms with E-state index in [1.54, 1.807) is 29.1 Å². The summed E-state index contributed by atoms with van der Waals surface area (Å²) in [5.41, 5.74) is 1.03. The number of halogens is 2. The van der Waals surface area contributed by atoms with E-state index >= 15 is 0 Å². The molecule has 0 unspecified atom stereocenters. The number of aliphatic hydroxyl groups excluding tert-OH is 1. The molecule has 1 aliphatic carbocycles. The van der Waals surface area contributed by atoms with Crippen molar-refractivity contribution in [3.05, 3.63) is 86.3 Å². The van der Waals surface area contributed by atoms with Crippen molar-refractivity contribution in [1.29, 1.82) is 0 Å². The summed E-state index contributed by atoms with van der Waals surface area (Å²) in [7, 11) is 0. The van der Waals surface area contributed by atoms with Crippen LogP contribution < -0.4 is 10.9 Å². The lowest BCUT2D eigenvalue weighted by Gasteiger charge is -2.25. The molecule has 2 aromatic carbocycles. The molecule has 2 N–H and O–H groups in total. The Labute approximate surface area is 190 Å². The first kappa shape index (κ1) is 21.7. The molecule has 3 aromatic rings. The van der Waals surface area contributed by atoms with Crippen molar-refractivity contribution < 1.29 is 9.90 Å². The van der Waals surface area contributed by atoms with Crippen molar-refractivity contribution in [2.24, 2.45) is 0 Å². The van der Waals surface area contributed by atoms with Crippen LogP contribution in [0.25, 0.3) is 5.69 Å². The quantitative estimate of drug-likeness (QED) is 0.604. The minimum Gasteiger partial charge on any atom is -0.393 e. The Morgan fingerprint density at radius 2 is 1.77 bits per heavy atom. The third-order valence-corrected chi connectivity index (χ3v) is 6.10. The summed E-state index contributed by atoms with van der Waals surface area (Å²) in [6.45, 7) is 0.387.